The molecule has 60 heavy (non-hydrogen) atoms. The molecule has 0 saturated heterocycles. The van der Waals surface area contributed by atoms with Gasteiger partial charge in [0, 0.05) is 12.8 Å². The summed E-state index contributed by atoms with van der Waals surface area (Å²) in [5, 5.41) is 23.1. The maximum absolute atomic E-state index is 12.4. The van der Waals surface area contributed by atoms with Gasteiger partial charge >= 0.3 is 5.97 Å². The predicted molar refractivity (Wildman–Crippen MR) is 259 cm³/mol. The summed E-state index contributed by atoms with van der Waals surface area (Å²) in [4.78, 5) is 24.4. The molecule has 0 radical (unpaired) electrons. The Morgan fingerprint density at radius 3 is 1.33 bits per heavy atom. The molecule has 1 amide bonds. The first-order valence-electron chi connectivity index (χ1n) is 25.9. The van der Waals surface area contributed by atoms with Crippen molar-refractivity contribution in [2.24, 2.45) is 0 Å². The van der Waals surface area contributed by atoms with E-state index >= 15 is 0 Å². The Morgan fingerprint density at radius 2 is 0.850 bits per heavy atom. The molecule has 6 nitrogen and oxygen atoms in total. The Labute approximate surface area is 372 Å². The van der Waals surface area contributed by atoms with E-state index in [4.69, 9.17) is 4.74 Å². The topological polar surface area (TPSA) is 95.9 Å². The van der Waals surface area contributed by atoms with Gasteiger partial charge in [-0.15, -0.1) is 0 Å². The van der Waals surface area contributed by atoms with Crippen molar-refractivity contribution in [3.05, 3.63) is 48.6 Å². The third kappa shape index (κ3) is 45.3. The Morgan fingerprint density at radius 1 is 0.467 bits per heavy atom. The van der Waals surface area contributed by atoms with Crippen LogP contribution in [0.5, 0.6) is 0 Å². The van der Waals surface area contributed by atoms with Crippen LogP contribution in [0.1, 0.15) is 258 Å². The van der Waals surface area contributed by atoms with Crippen molar-refractivity contribution in [3.8, 4) is 0 Å². The van der Waals surface area contributed by atoms with E-state index in [2.05, 4.69) is 55.6 Å². The van der Waals surface area contributed by atoms with Crippen LogP contribution in [0.4, 0.5) is 0 Å². The number of aliphatic hydroxyl groups excluding tert-OH is 2. The Balaban J connectivity index is 3.58. The smallest absolute Gasteiger partial charge is 0.305 e. The van der Waals surface area contributed by atoms with Crippen LogP contribution in [0.2, 0.25) is 0 Å². The van der Waals surface area contributed by atoms with Crippen LogP contribution in [-0.4, -0.2) is 47.4 Å². The molecule has 0 aliphatic heterocycles. The number of nitrogens with one attached hydrogen (secondary N) is 1. The number of carbonyl (C=O) groups is 2. The van der Waals surface area contributed by atoms with Gasteiger partial charge < -0.3 is 20.3 Å². The lowest BCUT2D eigenvalue weighted by Gasteiger charge is -2.20. The van der Waals surface area contributed by atoms with Gasteiger partial charge in [0.05, 0.1) is 25.4 Å². The number of rotatable bonds is 47. The van der Waals surface area contributed by atoms with Gasteiger partial charge in [-0.3, -0.25) is 9.59 Å². The van der Waals surface area contributed by atoms with Crippen LogP contribution in [0.25, 0.3) is 0 Å². The van der Waals surface area contributed by atoms with Gasteiger partial charge in [-0.2, -0.15) is 0 Å². The van der Waals surface area contributed by atoms with E-state index in [0.29, 0.717) is 19.4 Å². The van der Waals surface area contributed by atoms with Crippen molar-refractivity contribution in [3.63, 3.8) is 0 Å². The van der Waals surface area contributed by atoms with Crippen LogP contribution in [0.15, 0.2) is 48.6 Å². The summed E-state index contributed by atoms with van der Waals surface area (Å²) in [7, 11) is 0. The molecule has 0 spiro atoms. The molecule has 0 fully saturated rings. The van der Waals surface area contributed by atoms with Crippen molar-refractivity contribution in [2.45, 2.75) is 270 Å². The fraction of sp³-hybridized carbons (Fsp3) is 0.815. The van der Waals surface area contributed by atoms with Gasteiger partial charge in [-0.25, -0.2) is 0 Å². The summed E-state index contributed by atoms with van der Waals surface area (Å²) in [5.74, 6) is -0.147. The Bertz CT molecular complexity index is 1020. The number of hydrogen-bond acceptors (Lipinski definition) is 5. The molecule has 2 atom stereocenters. The van der Waals surface area contributed by atoms with Crippen LogP contribution in [0.3, 0.4) is 0 Å². The highest BCUT2D eigenvalue weighted by molar-refractivity contribution is 5.76. The molecule has 0 aliphatic rings. The van der Waals surface area contributed by atoms with E-state index in [9.17, 15) is 19.8 Å². The fourth-order valence-electron chi connectivity index (χ4n) is 7.52. The van der Waals surface area contributed by atoms with Crippen LogP contribution >= 0.6 is 0 Å². The first-order chi connectivity index (χ1) is 29.5. The zero-order valence-corrected chi connectivity index (χ0v) is 39.7. The monoisotopic (exact) mass is 842 g/mol. The molecule has 0 aromatic carbocycles. The number of carbonyl (C=O) groups excluding carboxylic acids is 2. The number of ether oxygens (including phenoxy) is 1. The normalized spacial score (nSPS) is 13.1. The van der Waals surface area contributed by atoms with Gasteiger partial charge in [0.25, 0.3) is 0 Å². The Hall–Kier alpha value is -2.18. The lowest BCUT2D eigenvalue weighted by Crippen LogP contribution is -2.45. The van der Waals surface area contributed by atoms with E-state index in [1.54, 1.807) is 6.08 Å². The minimum atomic E-state index is -0.864. The molecule has 0 aromatic heterocycles. The van der Waals surface area contributed by atoms with Crippen LogP contribution < -0.4 is 5.32 Å². The second kappa shape index (κ2) is 49.5. The van der Waals surface area contributed by atoms with Gasteiger partial charge in [0.1, 0.15) is 0 Å². The molecule has 6 heteroatoms. The van der Waals surface area contributed by atoms with E-state index < -0.39 is 12.1 Å². The molecule has 3 N–H and O–H groups in total. The first kappa shape index (κ1) is 57.8. The van der Waals surface area contributed by atoms with E-state index in [1.807, 2.05) is 6.08 Å². The second-order valence-electron chi connectivity index (χ2n) is 17.5. The molecule has 350 valence electrons. The summed E-state index contributed by atoms with van der Waals surface area (Å²) >= 11 is 0. The molecular weight excluding hydrogens is 743 g/mol. The SMILES string of the molecule is CCCC/C=C\C/C=C\CCCCCCCC(=O)OCCCC/C=C\CCCCCCCC(=O)NC(CO)C(O)/C=C/CCCCCCCCCCCCCCCCCC. The molecule has 0 heterocycles. The quantitative estimate of drug-likeness (QED) is 0.0322. The molecule has 0 aliphatic carbocycles. The second-order valence-corrected chi connectivity index (χ2v) is 17.5. The van der Waals surface area contributed by atoms with E-state index in [-0.39, 0.29) is 18.5 Å². The molecule has 0 rings (SSSR count). The van der Waals surface area contributed by atoms with Crippen molar-refractivity contribution >= 4 is 11.9 Å². The van der Waals surface area contributed by atoms with Crippen molar-refractivity contribution < 1.29 is 24.5 Å². The van der Waals surface area contributed by atoms with Crippen molar-refractivity contribution in [1.29, 1.82) is 0 Å². The highest BCUT2D eigenvalue weighted by atomic mass is 16.5. The lowest BCUT2D eigenvalue weighted by atomic mass is 10.0. The van der Waals surface area contributed by atoms with Gasteiger partial charge in [-0.05, 0) is 83.5 Å². The number of aliphatic hydroxyl groups is 2. The van der Waals surface area contributed by atoms with E-state index in [0.717, 1.165) is 96.3 Å². The molecule has 0 aromatic rings. The number of allylic oxidation sites excluding steroid dienone is 7. The summed E-state index contributed by atoms with van der Waals surface area (Å²) < 4.78 is 5.42. The minimum absolute atomic E-state index is 0.0483. The first-order valence-corrected chi connectivity index (χ1v) is 25.9. The maximum atomic E-state index is 12.4. The largest absolute Gasteiger partial charge is 0.466 e. The summed E-state index contributed by atoms with van der Waals surface area (Å²) in [5.41, 5.74) is 0. The van der Waals surface area contributed by atoms with Gasteiger partial charge in [-0.1, -0.05) is 210 Å². The predicted octanol–water partition coefficient (Wildman–Crippen LogP) is 15.5. The third-order valence-corrected chi connectivity index (χ3v) is 11.6. The number of hydrogen-bond donors (Lipinski definition) is 3. The summed E-state index contributed by atoms with van der Waals surface area (Å²) in [6.45, 7) is 4.77. The van der Waals surface area contributed by atoms with Crippen molar-refractivity contribution in [1.82, 2.24) is 5.32 Å². The lowest BCUT2D eigenvalue weighted by molar-refractivity contribution is -0.143. The Kier molecular flexibility index (Phi) is 47.7. The van der Waals surface area contributed by atoms with Crippen LogP contribution in [0, 0.1) is 0 Å². The molecule has 0 bridgehead atoms. The number of unbranched alkanes of at least 4 members (excludes halogenated alkanes) is 30. The average Bonchev–Trinajstić information content (AvgIpc) is 3.25. The summed E-state index contributed by atoms with van der Waals surface area (Å²) in [6.07, 6.45) is 61.1. The third-order valence-electron chi connectivity index (χ3n) is 11.6. The molecule has 2 unspecified atom stereocenters. The van der Waals surface area contributed by atoms with Crippen LogP contribution in [-0.2, 0) is 14.3 Å². The number of esters is 1. The highest BCUT2D eigenvalue weighted by Crippen LogP contribution is 2.15. The fourth-order valence-corrected chi connectivity index (χ4v) is 7.52. The molecular formula is C54H99NO5. The molecule has 0 saturated carbocycles. The van der Waals surface area contributed by atoms with Gasteiger partial charge in [0.15, 0.2) is 0 Å². The zero-order chi connectivity index (χ0) is 43.7. The summed E-state index contributed by atoms with van der Waals surface area (Å²) in [6, 6.07) is -0.651. The van der Waals surface area contributed by atoms with Crippen molar-refractivity contribution in [2.75, 3.05) is 13.2 Å². The maximum Gasteiger partial charge on any atom is 0.305 e. The zero-order valence-electron chi connectivity index (χ0n) is 39.7. The van der Waals surface area contributed by atoms with E-state index in [1.165, 1.54) is 135 Å². The standard InChI is InChI=1S/C54H99NO5/c1-3-5-7-9-11-13-15-17-19-20-21-22-23-26-30-34-38-42-46-52(57)51(50-56)55-53(58)47-43-39-35-31-27-25-29-33-37-41-45-49-60-54(59)48-44-40-36-32-28-24-18-16-14-12-10-8-6-4-2/h10,12,16,18,29,33,42,46,51-52,56-57H,3-9,11,13-15,17,19-28,30-32,34-41,43-45,47-50H2,1-2H3,(H,55,58)/b12-10-,18-16-,33-29-,46-42+. The van der Waals surface area contributed by atoms with Gasteiger partial charge in [0.2, 0.25) is 5.91 Å². The average molecular weight is 842 g/mol. The number of amides is 1. The minimum Gasteiger partial charge on any atom is -0.466 e. The highest BCUT2D eigenvalue weighted by Gasteiger charge is 2.18.